The molecular weight excluding hydrogens is 289 g/mol. The topological polar surface area (TPSA) is 37.8 Å². The van der Waals surface area contributed by atoms with Crippen LogP contribution >= 0.6 is 27.5 Å². The van der Waals surface area contributed by atoms with Gasteiger partial charge in [-0.05, 0) is 28.8 Å². The van der Waals surface area contributed by atoms with Crippen LogP contribution in [0, 0.1) is 5.41 Å². The number of halogens is 2. The monoisotopic (exact) mass is 305 g/mol. The van der Waals surface area contributed by atoms with Crippen LogP contribution in [0.3, 0.4) is 0 Å². The maximum Gasteiger partial charge on any atom is 0.143 e. The molecular formula is C11H17BrClN3. The fourth-order valence-electron chi connectivity index (χ4n) is 1.45. The Hall–Kier alpha value is -0.350. The summed E-state index contributed by atoms with van der Waals surface area (Å²) in [7, 11) is 0. The molecule has 0 saturated carbocycles. The third kappa shape index (κ3) is 3.32. The Balaban J connectivity index is 2.66. The normalized spacial score (nSPS) is 11.5. The Kier molecular flexibility index (Phi) is 5.49. The van der Waals surface area contributed by atoms with Crippen molar-refractivity contribution < 1.29 is 0 Å². The van der Waals surface area contributed by atoms with E-state index in [2.05, 4.69) is 45.1 Å². The van der Waals surface area contributed by atoms with Crippen LogP contribution in [0.2, 0.25) is 0 Å². The predicted octanol–water partition coefficient (Wildman–Crippen LogP) is 3.70. The number of alkyl halides is 1. The average molecular weight is 307 g/mol. The van der Waals surface area contributed by atoms with Crippen LogP contribution in [0.15, 0.2) is 17.0 Å². The predicted molar refractivity (Wildman–Crippen MR) is 72.0 cm³/mol. The summed E-state index contributed by atoms with van der Waals surface area (Å²) >= 11 is 9.46. The molecule has 1 aromatic heterocycles. The molecule has 0 atom stereocenters. The van der Waals surface area contributed by atoms with Crippen LogP contribution in [0.5, 0.6) is 0 Å². The van der Waals surface area contributed by atoms with E-state index in [1.54, 1.807) is 6.20 Å². The highest BCUT2D eigenvalue weighted by molar-refractivity contribution is 9.10. The Morgan fingerprint density at radius 3 is 2.62 bits per heavy atom. The van der Waals surface area contributed by atoms with Gasteiger partial charge in [-0.1, -0.05) is 13.8 Å². The number of hydrogen-bond acceptors (Lipinski definition) is 3. The number of aromatic nitrogens is 2. The third-order valence-electron chi connectivity index (χ3n) is 3.08. The molecule has 0 spiro atoms. The summed E-state index contributed by atoms with van der Waals surface area (Å²) in [5.74, 6) is 1.49. The van der Waals surface area contributed by atoms with Crippen LogP contribution in [0.4, 0.5) is 5.82 Å². The largest absolute Gasteiger partial charge is 0.368 e. The van der Waals surface area contributed by atoms with E-state index in [4.69, 9.17) is 11.6 Å². The molecule has 1 aromatic rings. The number of nitrogens with one attached hydrogen (secondary N) is 1. The van der Waals surface area contributed by atoms with Crippen molar-refractivity contribution in [3.8, 4) is 0 Å². The summed E-state index contributed by atoms with van der Waals surface area (Å²) in [5, 5.41) is 3.32. The second-order valence-electron chi connectivity index (χ2n) is 3.91. The van der Waals surface area contributed by atoms with Crippen LogP contribution < -0.4 is 5.32 Å². The van der Waals surface area contributed by atoms with Gasteiger partial charge in [-0.15, -0.1) is 11.6 Å². The fourth-order valence-corrected chi connectivity index (χ4v) is 2.28. The zero-order chi connectivity index (χ0) is 12.0. The van der Waals surface area contributed by atoms with Crippen molar-refractivity contribution in [2.75, 3.05) is 17.7 Å². The van der Waals surface area contributed by atoms with Crippen molar-refractivity contribution in [3.05, 3.63) is 17.0 Å². The maximum absolute atomic E-state index is 6.05. The minimum Gasteiger partial charge on any atom is -0.368 e. The van der Waals surface area contributed by atoms with Crippen molar-refractivity contribution in [2.24, 2.45) is 5.41 Å². The van der Waals surface area contributed by atoms with Gasteiger partial charge in [-0.3, -0.25) is 0 Å². The van der Waals surface area contributed by atoms with E-state index in [0.29, 0.717) is 5.88 Å². The molecule has 0 aliphatic heterocycles. The van der Waals surface area contributed by atoms with E-state index in [-0.39, 0.29) is 5.41 Å². The number of anilines is 1. The van der Waals surface area contributed by atoms with Crippen molar-refractivity contribution in [2.45, 2.75) is 26.7 Å². The van der Waals surface area contributed by atoms with Gasteiger partial charge in [-0.2, -0.15) is 0 Å². The molecule has 16 heavy (non-hydrogen) atoms. The summed E-state index contributed by atoms with van der Waals surface area (Å²) in [6, 6.07) is 0. The summed E-state index contributed by atoms with van der Waals surface area (Å²) in [4.78, 5) is 8.10. The van der Waals surface area contributed by atoms with Gasteiger partial charge in [0.2, 0.25) is 0 Å². The smallest absolute Gasteiger partial charge is 0.143 e. The molecule has 3 nitrogen and oxygen atoms in total. The Bertz CT molecular complexity index is 320. The van der Waals surface area contributed by atoms with E-state index >= 15 is 0 Å². The summed E-state index contributed by atoms with van der Waals surface area (Å²) in [6.45, 7) is 5.17. The zero-order valence-electron chi connectivity index (χ0n) is 9.63. The molecule has 1 heterocycles. The van der Waals surface area contributed by atoms with E-state index in [0.717, 1.165) is 29.7 Å². The maximum atomic E-state index is 6.05. The minimum atomic E-state index is 0.145. The highest BCUT2D eigenvalue weighted by atomic mass is 79.9. The summed E-state index contributed by atoms with van der Waals surface area (Å²) < 4.78 is 0.880. The molecule has 0 amide bonds. The quantitative estimate of drug-likeness (QED) is 0.814. The molecule has 0 aromatic carbocycles. The Morgan fingerprint density at radius 1 is 1.44 bits per heavy atom. The van der Waals surface area contributed by atoms with Crippen LogP contribution in [0.25, 0.3) is 0 Å². The molecule has 0 bridgehead atoms. The van der Waals surface area contributed by atoms with Crippen molar-refractivity contribution in [3.63, 3.8) is 0 Å². The zero-order valence-corrected chi connectivity index (χ0v) is 12.0. The molecule has 0 aliphatic carbocycles. The van der Waals surface area contributed by atoms with E-state index in [1.807, 2.05) is 0 Å². The number of hydrogen-bond donors (Lipinski definition) is 1. The van der Waals surface area contributed by atoms with E-state index in [1.165, 1.54) is 6.33 Å². The lowest BCUT2D eigenvalue weighted by atomic mass is 9.84. The van der Waals surface area contributed by atoms with Crippen molar-refractivity contribution in [1.29, 1.82) is 0 Å². The minimum absolute atomic E-state index is 0.145. The Labute approximate surface area is 110 Å². The van der Waals surface area contributed by atoms with Gasteiger partial charge < -0.3 is 5.32 Å². The molecule has 0 aliphatic rings. The fraction of sp³-hybridized carbons (Fsp3) is 0.636. The first kappa shape index (κ1) is 13.7. The van der Waals surface area contributed by atoms with Crippen molar-refractivity contribution in [1.82, 2.24) is 9.97 Å². The molecule has 90 valence electrons. The molecule has 1 rings (SSSR count). The van der Waals surface area contributed by atoms with Gasteiger partial charge in [0.1, 0.15) is 12.1 Å². The first-order valence-corrected chi connectivity index (χ1v) is 6.75. The molecule has 0 saturated heterocycles. The van der Waals surface area contributed by atoms with Crippen LogP contribution in [-0.2, 0) is 0 Å². The van der Waals surface area contributed by atoms with Gasteiger partial charge in [0.25, 0.3) is 0 Å². The highest BCUT2D eigenvalue weighted by Crippen LogP contribution is 2.29. The number of rotatable bonds is 6. The van der Waals surface area contributed by atoms with Gasteiger partial charge in [0.15, 0.2) is 0 Å². The van der Waals surface area contributed by atoms with E-state index < -0.39 is 0 Å². The summed E-state index contributed by atoms with van der Waals surface area (Å²) in [6.07, 6.45) is 5.38. The molecule has 0 fully saturated rings. The highest BCUT2D eigenvalue weighted by Gasteiger charge is 2.25. The standard InChI is InChI=1S/C11H17BrClN3/c1-3-11(4-2,6-13)7-15-10-9(12)5-14-8-16-10/h5,8H,3-4,6-7H2,1-2H3,(H,14,15,16). The lowest BCUT2D eigenvalue weighted by molar-refractivity contribution is 0.326. The molecule has 0 radical (unpaired) electrons. The van der Waals surface area contributed by atoms with Gasteiger partial charge in [0, 0.05) is 24.0 Å². The lowest BCUT2D eigenvalue weighted by Crippen LogP contribution is -2.30. The van der Waals surface area contributed by atoms with Gasteiger partial charge in [0.05, 0.1) is 4.47 Å². The third-order valence-corrected chi connectivity index (χ3v) is 4.23. The number of nitrogens with zero attached hydrogens (tertiary/aromatic N) is 2. The summed E-state index contributed by atoms with van der Waals surface area (Å²) in [5.41, 5.74) is 0.145. The lowest BCUT2D eigenvalue weighted by Gasteiger charge is -2.29. The van der Waals surface area contributed by atoms with Gasteiger partial charge in [-0.25, -0.2) is 9.97 Å². The van der Waals surface area contributed by atoms with Crippen LogP contribution in [0.1, 0.15) is 26.7 Å². The molecule has 5 heteroatoms. The second kappa shape index (κ2) is 6.40. The molecule has 0 unspecified atom stereocenters. The van der Waals surface area contributed by atoms with Crippen LogP contribution in [-0.4, -0.2) is 22.4 Å². The van der Waals surface area contributed by atoms with Crippen molar-refractivity contribution >= 4 is 33.3 Å². The second-order valence-corrected chi connectivity index (χ2v) is 5.04. The molecule has 1 N–H and O–H groups in total. The Morgan fingerprint density at radius 2 is 2.12 bits per heavy atom. The van der Waals surface area contributed by atoms with E-state index in [9.17, 15) is 0 Å². The van der Waals surface area contributed by atoms with Gasteiger partial charge >= 0.3 is 0 Å². The SMILES string of the molecule is CCC(CC)(CCl)CNc1ncncc1Br. The first-order chi connectivity index (χ1) is 7.67. The first-order valence-electron chi connectivity index (χ1n) is 5.43. The average Bonchev–Trinajstić information content (AvgIpc) is 2.34.